The number of halogens is 1. The number of fused-ring (bicyclic) bond motifs is 2. The molecule has 3 rings (SSSR count). The number of benzene rings is 1. The van der Waals surface area contributed by atoms with Gasteiger partial charge in [0, 0.05) is 13.6 Å². The van der Waals surface area contributed by atoms with Gasteiger partial charge in [-0.3, -0.25) is 4.99 Å². The van der Waals surface area contributed by atoms with Crippen LogP contribution in [0.25, 0.3) is 0 Å². The van der Waals surface area contributed by atoms with Gasteiger partial charge < -0.3 is 20.1 Å². The number of guanidine groups is 1. The van der Waals surface area contributed by atoms with Crippen molar-refractivity contribution in [1.29, 1.82) is 0 Å². The molecule has 6 heteroatoms. The third-order valence-electron chi connectivity index (χ3n) is 4.83. The Morgan fingerprint density at radius 2 is 2.21 bits per heavy atom. The third-order valence-corrected chi connectivity index (χ3v) is 4.83. The van der Waals surface area contributed by atoms with Crippen molar-refractivity contribution in [3.63, 3.8) is 0 Å². The zero-order valence-electron chi connectivity index (χ0n) is 14.7. The molecule has 0 aliphatic carbocycles. The lowest BCUT2D eigenvalue weighted by atomic mass is 9.96. The highest BCUT2D eigenvalue weighted by Crippen LogP contribution is 2.34. The lowest BCUT2D eigenvalue weighted by Crippen LogP contribution is -2.47. The Kier molecular flexibility index (Phi) is 7.16. The van der Waals surface area contributed by atoms with Gasteiger partial charge in [-0.2, -0.15) is 0 Å². The summed E-state index contributed by atoms with van der Waals surface area (Å²) in [5, 5.41) is 6.90. The van der Waals surface area contributed by atoms with Crippen molar-refractivity contribution in [2.24, 2.45) is 4.99 Å². The van der Waals surface area contributed by atoms with Gasteiger partial charge in [0.1, 0.15) is 5.75 Å². The van der Waals surface area contributed by atoms with E-state index >= 15 is 0 Å². The molecule has 1 aromatic carbocycles. The molecular weight excluding hydrogens is 417 g/mol. The topological polar surface area (TPSA) is 54.9 Å². The highest BCUT2D eigenvalue weighted by molar-refractivity contribution is 14.0. The highest BCUT2D eigenvalue weighted by Gasteiger charge is 2.41. The van der Waals surface area contributed by atoms with E-state index in [2.05, 4.69) is 40.7 Å². The van der Waals surface area contributed by atoms with Crippen LogP contribution in [-0.2, 0) is 11.2 Å². The van der Waals surface area contributed by atoms with Crippen LogP contribution in [0.1, 0.15) is 30.4 Å². The summed E-state index contributed by atoms with van der Waals surface area (Å²) < 4.78 is 11.3. The predicted octanol–water partition coefficient (Wildman–Crippen LogP) is 2.65. The van der Waals surface area contributed by atoms with Crippen LogP contribution < -0.4 is 15.4 Å². The first kappa shape index (κ1) is 19.3. The molecule has 1 aromatic rings. The molecule has 0 radical (unpaired) electrons. The van der Waals surface area contributed by atoms with E-state index in [1.54, 1.807) is 7.11 Å². The average molecular weight is 445 g/mol. The van der Waals surface area contributed by atoms with Gasteiger partial charge in [0.15, 0.2) is 5.96 Å². The molecule has 2 N–H and O–H groups in total. The van der Waals surface area contributed by atoms with E-state index in [-0.39, 0.29) is 24.0 Å². The van der Waals surface area contributed by atoms with E-state index in [0.29, 0.717) is 18.2 Å². The Balaban J connectivity index is 0.00000208. The molecule has 2 heterocycles. The van der Waals surface area contributed by atoms with Gasteiger partial charge in [-0.05, 0) is 49.8 Å². The van der Waals surface area contributed by atoms with Crippen LogP contribution in [0.2, 0.25) is 0 Å². The molecule has 2 aliphatic rings. The standard InChI is InChI=1S/C18H27N3O2.HI/c1-12-4-5-13(10-17(12)22-3)8-9-20-18(19-2)21-15-11-14-6-7-16(15)23-14;/h4-5,10,14-16H,6-9,11H2,1-3H3,(H2,19,20,21);1H. The SMILES string of the molecule is CN=C(NCCc1ccc(C)c(OC)c1)NC1CC2CCC1O2.I. The second-order valence-electron chi connectivity index (χ2n) is 6.41. The summed E-state index contributed by atoms with van der Waals surface area (Å²) in [4.78, 5) is 4.33. The minimum atomic E-state index is 0. The van der Waals surface area contributed by atoms with Crippen LogP contribution in [0, 0.1) is 6.92 Å². The van der Waals surface area contributed by atoms with Crippen molar-refractivity contribution in [3.8, 4) is 5.75 Å². The normalized spacial score (nSPS) is 25.3. The van der Waals surface area contributed by atoms with Gasteiger partial charge in [0.05, 0.1) is 25.4 Å². The zero-order valence-corrected chi connectivity index (χ0v) is 17.0. The summed E-state index contributed by atoms with van der Waals surface area (Å²) in [7, 11) is 3.53. The fraction of sp³-hybridized carbons (Fsp3) is 0.611. The molecule has 0 saturated carbocycles. The van der Waals surface area contributed by atoms with E-state index in [9.17, 15) is 0 Å². The molecule has 5 nitrogen and oxygen atoms in total. The van der Waals surface area contributed by atoms with Crippen LogP contribution in [0.4, 0.5) is 0 Å². The average Bonchev–Trinajstić information content (AvgIpc) is 3.18. The number of nitrogens with one attached hydrogen (secondary N) is 2. The molecule has 2 aliphatic heterocycles. The van der Waals surface area contributed by atoms with Crippen LogP contribution >= 0.6 is 24.0 Å². The van der Waals surface area contributed by atoms with E-state index in [4.69, 9.17) is 9.47 Å². The molecule has 24 heavy (non-hydrogen) atoms. The van der Waals surface area contributed by atoms with Gasteiger partial charge in [-0.1, -0.05) is 12.1 Å². The number of aliphatic imine (C=N–C) groups is 1. The van der Waals surface area contributed by atoms with E-state index < -0.39 is 0 Å². The Labute approximate surface area is 161 Å². The van der Waals surface area contributed by atoms with Crippen LogP contribution in [-0.4, -0.2) is 44.9 Å². The Morgan fingerprint density at radius 3 is 2.83 bits per heavy atom. The number of nitrogens with zero attached hydrogens (tertiary/aromatic N) is 1. The number of aryl methyl sites for hydroxylation is 1. The molecule has 2 bridgehead atoms. The number of methoxy groups -OCH3 is 1. The van der Waals surface area contributed by atoms with Gasteiger partial charge in [-0.15, -0.1) is 24.0 Å². The molecule has 3 atom stereocenters. The first-order valence-corrected chi connectivity index (χ1v) is 8.45. The summed E-state index contributed by atoms with van der Waals surface area (Å²) in [5.74, 6) is 1.81. The number of rotatable bonds is 5. The minimum absolute atomic E-state index is 0. The van der Waals surface area contributed by atoms with Crippen molar-refractivity contribution in [2.45, 2.75) is 50.9 Å². The Morgan fingerprint density at radius 1 is 1.38 bits per heavy atom. The molecule has 2 fully saturated rings. The molecule has 2 saturated heterocycles. The maximum absolute atomic E-state index is 5.88. The van der Waals surface area contributed by atoms with Crippen molar-refractivity contribution in [3.05, 3.63) is 29.3 Å². The van der Waals surface area contributed by atoms with E-state index in [0.717, 1.165) is 36.7 Å². The maximum atomic E-state index is 5.88. The molecule has 3 unspecified atom stereocenters. The lowest BCUT2D eigenvalue weighted by Gasteiger charge is -2.22. The smallest absolute Gasteiger partial charge is 0.191 e. The summed E-state index contributed by atoms with van der Waals surface area (Å²) >= 11 is 0. The van der Waals surface area contributed by atoms with E-state index in [1.165, 1.54) is 18.4 Å². The molecule has 0 spiro atoms. The predicted molar refractivity (Wildman–Crippen MR) is 108 cm³/mol. The monoisotopic (exact) mass is 445 g/mol. The fourth-order valence-electron chi connectivity index (χ4n) is 3.51. The van der Waals surface area contributed by atoms with Gasteiger partial charge in [0.2, 0.25) is 0 Å². The van der Waals surface area contributed by atoms with Crippen LogP contribution in [0.5, 0.6) is 5.75 Å². The molecule has 0 aromatic heterocycles. The first-order chi connectivity index (χ1) is 11.2. The van der Waals surface area contributed by atoms with Crippen molar-refractivity contribution in [1.82, 2.24) is 10.6 Å². The molecule has 134 valence electrons. The molecular formula is C18H28IN3O2. The number of hydrogen-bond acceptors (Lipinski definition) is 3. The summed E-state index contributed by atoms with van der Waals surface area (Å²) in [6, 6.07) is 6.77. The summed E-state index contributed by atoms with van der Waals surface area (Å²) in [5.41, 5.74) is 2.43. The van der Waals surface area contributed by atoms with Crippen LogP contribution in [0.3, 0.4) is 0 Å². The second kappa shape index (κ2) is 8.89. The number of ether oxygens (including phenoxy) is 2. The van der Waals surface area contributed by atoms with Gasteiger partial charge in [-0.25, -0.2) is 0 Å². The van der Waals surface area contributed by atoms with Crippen LogP contribution in [0.15, 0.2) is 23.2 Å². The number of hydrogen-bond donors (Lipinski definition) is 2. The Bertz CT molecular complexity index is 579. The van der Waals surface area contributed by atoms with Gasteiger partial charge in [0.25, 0.3) is 0 Å². The summed E-state index contributed by atoms with van der Waals surface area (Å²) in [6.45, 7) is 2.90. The second-order valence-corrected chi connectivity index (χ2v) is 6.41. The molecule has 0 amide bonds. The zero-order chi connectivity index (χ0) is 16.2. The minimum Gasteiger partial charge on any atom is -0.496 e. The largest absolute Gasteiger partial charge is 0.496 e. The maximum Gasteiger partial charge on any atom is 0.191 e. The van der Waals surface area contributed by atoms with Crippen molar-refractivity contribution >= 4 is 29.9 Å². The first-order valence-electron chi connectivity index (χ1n) is 8.45. The van der Waals surface area contributed by atoms with Gasteiger partial charge >= 0.3 is 0 Å². The van der Waals surface area contributed by atoms with Crippen molar-refractivity contribution in [2.75, 3.05) is 20.7 Å². The third kappa shape index (κ3) is 4.53. The fourth-order valence-corrected chi connectivity index (χ4v) is 3.51. The lowest BCUT2D eigenvalue weighted by molar-refractivity contribution is 0.0992. The Hall–Kier alpha value is -1.02. The summed E-state index contributed by atoms with van der Waals surface area (Å²) in [6.07, 6.45) is 5.23. The van der Waals surface area contributed by atoms with E-state index in [1.807, 2.05) is 7.05 Å². The quantitative estimate of drug-likeness (QED) is 0.416. The van der Waals surface area contributed by atoms with Crippen molar-refractivity contribution < 1.29 is 9.47 Å². The highest BCUT2D eigenvalue weighted by atomic mass is 127.